The van der Waals surface area contributed by atoms with E-state index in [1.165, 1.54) is 22.3 Å². The van der Waals surface area contributed by atoms with E-state index in [0.29, 0.717) is 5.92 Å². The van der Waals surface area contributed by atoms with E-state index in [2.05, 4.69) is 62.1 Å². The highest BCUT2D eigenvalue weighted by atomic mass is 14.1. The Hall–Kier alpha value is -1.82. The molecule has 1 aromatic rings. The van der Waals surface area contributed by atoms with E-state index in [1.807, 2.05) is 26.8 Å². The Balaban J connectivity index is 0.000000861. The van der Waals surface area contributed by atoms with Crippen LogP contribution >= 0.6 is 0 Å². The summed E-state index contributed by atoms with van der Waals surface area (Å²) in [5.74, 6) is 0.494. The average molecular weight is 252 g/mol. The minimum absolute atomic E-state index is 0.494. The van der Waals surface area contributed by atoms with Crippen molar-refractivity contribution in [2.45, 2.75) is 27.7 Å². The van der Waals surface area contributed by atoms with Crippen LogP contribution in [0.25, 0.3) is 24.3 Å². The zero-order valence-corrected chi connectivity index (χ0v) is 12.5. The highest BCUT2D eigenvalue weighted by Crippen LogP contribution is 2.27. The number of hydrogen-bond donors (Lipinski definition) is 0. The first kappa shape index (κ1) is 15.2. The van der Waals surface area contributed by atoms with Gasteiger partial charge in [0.25, 0.3) is 0 Å². The van der Waals surface area contributed by atoms with Crippen molar-refractivity contribution < 1.29 is 0 Å². The van der Waals surface area contributed by atoms with Crippen LogP contribution in [-0.4, -0.2) is 0 Å². The predicted octanol–water partition coefficient (Wildman–Crippen LogP) is 6.07. The zero-order valence-electron chi connectivity index (χ0n) is 12.5. The maximum absolute atomic E-state index is 3.89. The fourth-order valence-corrected chi connectivity index (χ4v) is 2.10. The SMILES string of the molecule is C=Cc1ccc2c(c1/C=C\C)C=CC(C)C=C2.CC. The molecular formula is C19H24. The number of fused-ring (bicyclic) bond motifs is 1. The molecule has 2 rings (SSSR count). The van der Waals surface area contributed by atoms with E-state index in [0.717, 1.165) is 0 Å². The van der Waals surface area contributed by atoms with Crippen molar-refractivity contribution >= 4 is 24.3 Å². The summed E-state index contributed by atoms with van der Waals surface area (Å²) in [4.78, 5) is 0. The lowest BCUT2D eigenvalue weighted by molar-refractivity contribution is 0.954. The summed E-state index contributed by atoms with van der Waals surface area (Å²) in [5, 5.41) is 0. The van der Waals surface area contributed by atoms with Gasteiger partial charge in [-0.15, -0.1) is 0 Å². The Morgan fingerprint density at radius 3 is 2.42 bits per heavy atom. The minimum Gasteiger partial charge on any atom is -0.0984 e. The van der Waals surface area contributed by atoms with E-state index >= 15 is 0 Å². The molecule has 0 spiro atoms. The van der Waals surface area contributed by atoms with Crippen LogP contribution in [0.3, 0.4) is 0 Å². The molecule has 0 radical (unpaired) electrons. The third-order valence-corrected chi connectivity index (χ3v) is 3.05. The van der Waals surface area contributed by atoms with Crippen molar-refractivity contribution in [1.29, 1.82) is 0 Å². The van der Waals surface area contributed by atoms with E-state index in [4.69, 9.17) is 0 Å². The number of rotatable bonds is 2. The normalized spacial score (nSPS) is 16.5. The van der Waals surface area contributed by atoms with Crippen LogP contribution in [0, 0.1) is 5.92 Å². The van der Waals surface area contributed by atoms with Crippen molar-refractivity contribution in [3.05, 3.63) is 59.2 Å². The van der Waals surface area contributed by atoms with Crippen LogP contribution in [0.15, 0.2) is 36.9 Å². The van der Waals surface area contributed by atoms with E-state index < -0.39 is 0 Å². The molecule has 1 aliphatic carbocycles. The molecule has 0 fully saturated rings. The molecule has 19 heavy (non-hydrogen) atoms. The Morgan fingerprint density at radius 1 is 1.11 bits per heavy atom. The Kier molecular flexibility index (Phi) is 6.08. The van der Waals surface area contributed by atoms with Gasteiger partial charge in [-0.1, -0.05) is 82.0 Å². The summed E-state index contributed by atoms with van der Waals surface area (Å²) in [5.41, 5.74) is 5.02. The predicted molar refractivity (Wildman–Crippen MR) is 89.8 cm³/mol. The molecule has 0 N–H and O–H groups in total. The van der Waals surface area contributed by atoms with Gasteiger partial charge in [-0.25, -0.2) is 0 Å². The zero-order chi connectivity index (χ0) is 14.3. The smallest absolute Gasteiger partial charge is 0.00752 e. The molecule has 0 heteroatoms. The van der Waals surface area contributed by atoms with Gasteiger partial charge in [-0.05, 0) is 35.1 Å². The molecule has 1 unspecified atom stereocenters. The van der Waals surface area contributed by atoms with Crippen molar-refractivity contribution in [2.24, 2.45) is 5.92 Å². The highest BCUT2D eigenvalue weighted by Gasteiger charge is 2.08. The second kappa shape index (κ2) is 7.58. The van der Waals surface area contributed by atoms with Gasteiger partial charge in [-0.3, -0.25) is 0 Å². The lowest BCUT2D eigenvalue weighted by Crippen LogP contribution is -1.90. The summed E-state index contributed by atoms with van der Waals surface area (Å²) in [6, 6.07) is 4.30. The molecule has 0 saturated heterocycles. The Morgan fingerprint density at radius 2 is 1.79 bits per heavy atom. The van der Waals surface area contributed by atoms with Gasteiger partial charge in [0.2, 0.25) is 0 Å². The number of hydrogen-bond acceptors (Lipinski definition) is 0. The summed E-state index contributed by atoms with van der Waals surface area (Å²) in [6.07, 6.45) is 15.1. The largest absolute Gasteiger partial charge is 0.0984 e. The maximum Gasteiger partial charge on any atom is -0.00752 e. The number of benzene rings is 1. The van der Waals surface area contributed by atoms with Gasteiger partial charge in [0.15, 0.2) is 0 Å². The molecule has 0 aliphatic heterocycles. The second-order valence-corrected chi connectivity index (χ2v) is 4.35. The monoisotopic (exact) mass is 252 g/mol. The van der Waals surface area contributed by atoms with Crippen LogP contribution in [0.5, 0.6) is 0 Å². The first-order chi connectivity index (χ1) is 9.26. The van der Waals surface area contributed by atoms with Gasteiger partial charge in [-0.2, -0.15) is 0 Å². The molecule has 0 saturated carbocycles. The fourth-order valence-electron chi connectivity index (χ4n) is 2.10. The fraction of sp³-hybridized carbons (Fsp3) is 0.263. The summed E-state index contributed by atoms with van der Waals surface area (Å²) >= 11 is 0. The average Bonchev–Trinajstić information content (AvgIpc) is 2.64. The van der Waals surface area contributed by atoms with Gasteiger partial charge in [0, 0.05) is 0 Å². The van der Waals surface area contributed by atoms with Crippen molar-refractivity contribution in [2.75, 3.05) is 0 Å². The Labute approximate surface area is 117 Å². The van der Waals surface area contributed by atoms with E-state index in [-0.39, 0.29) is 0 Å². The number of allylic oxidation sites excluding steroid dienone is 3. The molecule has 100 valence electrons. The van der Waals surface area contributed by atoms with Crippen LogP contribution in [0.1, 0.15) is 49.9 Å². The first-order valence-electron chi connectivity index (χ1n) is 7.04. The van der Waals surface area contributed by atoms with Gasteiger partial charge in [0.05, 0.1) is 0 Å². The summed E-state index contributed by atoms with van der Waals surface area (Å²) in [6.45, 7) is 12.1. The molecule has 1 aromatic carbocycles. The quantitative estimate of drug-likeness (QED) is 0.599. The van der Waals surface area contributed by atoms with Gasteiger partial charge < -0.3 is 0 Å². The van der Waals surface area contributed by atoms with Crippen LogP contribution in [-0.2, 0) is 0 Å². The molecular weight excluding hydrogens is 228 g/mol. The van der Waals surface area contributed by atoms with Crippen LogP contribution in [0.2, 0.25) is 0 Å². The molecule has 0 bridgehead atoms. The minimum atomic E-state index is 0.494. The van der Waals surface area contributed by atoms with Crippen molar-refractivity contribution in [1.82, 2.24) is 0 Å². The molecule has 0 amide bonds. The van der Waals surface area contributed by atoms with Gasteiger partial charge >= 0.3 is 0 Å². The second-order valence-electron chi connectivity index (χ2n) is 4.35. The Bertz CT molecular complexity index is 513. The van der Waals surface area contributed by atoms with Gasteiger partial charge in [0.1, 0.15) is 0 Å². The van der Waals surface area contributed by atoms with Crippen molar-refractivity contribution in [3.8, 4) is 0 Å². The summed E-state index contributed by atoms with van der Waals surface area (Å²) in [7, 11) is 0. The third-order valence-electron chi connectivity index (χ3n) is 3.05. The third kappa shape index (κ3) is 3.57. The lowest BCUT2D eigenvalue weighted by atomic mass is 9.95. The highest BCUT2D eigenvalue weighted by molar-refractivity contribution is 5.80. The van der Waals surface area contributed by atoms with E-state index in [9.17, 15) is 0 Å². The van der Waals surface area contributed by atoms with Crippen LogP contribution in [0.4, 0.5) is 0 Å². The molecule has 0 heterocycles. The standard InChI is InChI=1S/C17H18.C2H6/c1-4-6-16-14(5-2)10-11-15-9-7-13(3)8-12-17(15)16;1-2/h4-13H,2H2,1,3H3;1-2H3/b6-4-;. The molecule has 1 aliphatic rings. The van der Waals surface area contributed by atoms with E-state index in [1.54, 1.807) is 0 Å². The maximum atomic E-state index is 3.89. The topological polar surface area (TPSA) is 0 Å². The van der Waals surface area contributed by atoms with Crippen LogP contribution < -0.4 is 0 Å². The summed E-state index contributed by atoms with van der Waals surface area (Å²) < 4.78 is 0. The molecule has 1 atom stereocenters. The molecule has 0 nitrogen and oxygen atoms in total. The first-order valence-corrected chi connectivity index (χ1v) is 7.04. The lowest BCUT2D eigenvalue weighted by Gasteiger charge is -2.09. The molecule has 0 aromatic heterocycles. The van der Waals surface area contributed by atoms with Crippen molar-refractivity contribution in [3.63, 3.8) is 0 Å².